The maximum atomic E-state index is 2.18. The SMILES string of the molecule is CC.CCCN(C)C.CSC. The number of nitrogens with zero attached hydrogens (tertiary/aromatic N) is 1. The summed E-state index contributed by atoms with van der Waals surface area (Å²) >= 11 is 1.75. The third-order valence-electron chi connectivity index (χ3n) is 0.671. The quantitative estimate of drug-likeness (QED) is 0.641. The number of hydrogen-bond acceptors (Lipinski definition) is 2. The molecule has 0 aromatic heterocycles. The van der Waals surface area contributed by atoms with E-state index in [0.717, 1.165) is 0 Å². The van der Waals surface area contributed by atoms with Crippen molar-refractivity contribution >= 4 is 11.8 Å². The summed E-state index contributed by atoms with van der Waals surface area (Å²) in [5.41, 5.74) is 0. The van der Waals surface area contributed by atoms with Crippen molar-refractivity contribution in [1.82, 2.24) is 4.90 Å². The maximum Gasteiger partial charge on any atom is -0.00275 e. The van der Waals surface area contributed by atoms with Gasteiger partial charge in [0.2, 0.25) is 0 Å². The van der Waals surface area contributed by atoms with Gasteiger partial charge in [-0.15, -0.1) is 0 Å². The van der Waals surface area contributed by atoms with Gasteiger partial charge in [-0.2, -0.15) is 11.8 Å². The van der Waals surface area contributed by atoms with E-state index in [1.165, 1.54) is 13.0 Å². The van der Waals surface area contributed by atoms with Crippen molar-refractivity contribution in [3.63, 3.8) is 0 Å². The summed E-state index contributed by atoms with van der Waals surface area (Å²) in [5, 5.41) is 0. The van der Waals surface area contributed by atoms with Gasteiger partial charge in [0, 0.05) is 0 Å². The highest BCUT2D eigenvalue weighted by Gasteiger charge is 1.79. The van der Waals surface area contributed by atoms with Crippen molar-refractivity contribution in [2.24, 2.45) is 0 Å². The minimum atomic E-state index is 1.21. The molecular formula is C9H25NS. The first-order chi connectivity index (χ1) is 5.18. The van der Waals surface area contributed by atoms with Gasteiger partial charge in [-0.25, -0.2) is 0 Å². The lowest BCUT2D eigenvalue weighted by molar-refractivity contribution is 0.408. The summed E-state index contributed by atoms with van der Waals surface area (Å²) in [7, 11) is 4.17. The molecule has 0 aromatic rings. The van der Waals surface area contributed by atoms with Crippen LogP contribution in [0.25, 0.3) is 0 Å². The smallest absolute Gasteiger partial charge is 0.00275 e. The van der Waals surface area contributed by atoms with Crippen LogP contribution in [-0.2, 0) is 0 Å². The van der Waals surface area contributed by atoms with Crippen molar-refractivity contribution in [2.75, 3.05) is 33.2 Å². The van der Waals surface area contributed by atoms with E-state index < -0.39 is 0 Å². The average molecular weight is 179 g/mol. The predicted molar refractivity (Wildman–Crippen MR) is 59.6 cm³/mol. The van der Waals surface area contributed by atoms with Gasteiger partial charge in [0.25, 0.3) is 0 Å². The van der Waals surface area contributed by atoms with E-state index in [4.69, 9.17) is 0 Å². The zero-order chi connectivity index (χ0) is 9.70. The Morgan fingerprint density at radius 2 is 1.36 bits per heavy atom. The number of rotatable bonds is 2. The molecule has 0 bridgehead atoms. The molecule has 0 unspecified atom stereocenters. The fourth-order valence-corrected chi connectivity index (χ4v) is 0.447. The molecule has 11 heavy (non-hydrogen) atoms. The normalized spacial score (nSPS) is 7.64. The summed E-state index contributed by atoms with van der Waals surface area (Å²) in [6, 6.07) is 0. The first kappa shape index (κ1) is 17.4. The highest BCUT2D eigenvalue weighted by atomic mass is 32.2. The second kappa shape index (κ2) is 22.4. The molecule has 0 saturated carbocycles. The average Bonchev–Trinajstić information content (AvgIpc) is 1.93. The van der Waals surface area contributed by atoms with Crippen molar-refractivity contribution < 1.29 is 0 Å². The highest BCUT2D eigenvalue weighted by molar-refractivity contribution is 7.97. The third-order valence-corrected chi connectivity index (χ3v) is 0.671. The monoisotopic (exact) mass is 179 g/mol. The molecule has 0 aliphatic rings. The van der Waals surface area contributed by atoms with E-state index in [1.807, 2.05) is 26.4 Å². The molecule has 0 aliphatic carbocycles. The summed E-state index contributed by atoms with van der Waals surface area (Å²) in [6.45, 7) is 7.39. The molecule has 0 atom stereocenters. The van der Waals surface area contributed by atoms with Crippen LogP contribution in [-0.4, -0.2) is 38.1 Å². The van der Waals surface area contributed by atoms with Crippen molar-refractivity contribution in [1.29, 1.82) is 0 Å². The third kappa shape index (κ3) is 65.0. The topological polar surface area (TPSA) is 3.24 Å². The van der Waals surface area contributed by atoms with Crippen LogP contribution < -0.4 is 0 Å². The Morgan fingerprint density at radius 3 is 1.36 bits per heavy atom. The van der Waals surface area contributed by atoms with Gasteiger partial charge in [0.15, 0.2) is 0 Å². The largest absolute Gasteiger partial charge is 0.309 e. The van der Waals surface area contributed by atoms with Crippen LogP contribution in [0.5, 0.6) is 0 Å². The van der Waals surface area contributed by atoms with Crippen LogP contribution in [0.3, 0.4) is 0 Å². The van der Waals surface area contributed by atoms with Crippen molar-refractivity contribution in [2.45, 2.75) is 27.2 Å². The second-order valence-corrected chi connectivity index (χ2v) is 3.03. The van der Waals surface area contributed by atoms with E-state index >= 15 is 0 Å². The van der Waals surface area contributed by atoms with Crippen LogP contribution in [0.1, 0.15) is 27.2 Å². The molecule has 0 heterocycles. The maximum absolute atomic E-state index is 2.18. The highest BCUT2D eigenvalue weighted by Crippen LogP contribution is 1.76. The summed E-state index contributed by atoms with van der Waals surface area (Å²) in [6.07, 6.45) is 5.34. The molecule has 72 valence electrons. The van der Waals surface area contributed by atoms with Gasteiger partial charge >= 0.3 is 0 Å². The molecule has 0 radical (unpaired) electrons. The lowest BCUT2D eigenvalue weighted by Gasteiger charge is -2.03. The zero-order valence-electron chi connectivity index (χ0n) is 9.27. The second-order valence-electron chi connectivity index (χ2n) is 2.21. The Balaban J connectivity index is -0.000000109. The lowest BCUT2D eigenvalue weighted by atomic mass is 10.5. The molecule has 0 amide bonds. The van der Waals surface area contributed by atoms with Gasteiger partial charge in [-0.1, -0.05) is 20.8 Å². The zero-order valence-corrected chi connectivity index (χ0v) is 10.1. The first-order valence-electron chi connectivity index (χ1n) is 4.23. The Kier molecular flexibility index (Phi) is 35.5. The van der Waals surface area contributed by atoms with Crippen molar-refractivity contribution in [3.05, 3.63) is 0 Å². The fourth-order valence-electron chi connectivity index (χ4n) is 0.447. The molecule has 0 aromatic carbocycles. The number of hydrogen-bond donors (Lipinski definition) is 0. The summed E-state index contributed by atoms with van der Waals surface area (Å²) in [4.78, 5) is 2.18. The van der Waals surface area contributed by atoms with E-state index in [9.17, 15) is 0 Å². The van der Waals surface area contributed by atoms with E-state index in [-0.39, 0.29) is 0 Å². The van der Waals surface area contributed by atoms with Gasteiger partial charge in [-0.3, -0.25) is 0 Å². The molecular weight excluding hydrogens is 154 g/mol. The summed E-state index contributed by atoms with van der Waals surface area (Å²) in [5.74, 6) is 0. The molecule has 0 rings (SSSR count). The Hall–Kier alpha value is 0.310. The Bertz CT molecular complexity index is 38.5. The first-order valence-corrected chi connectivity index (χ1v) is 5.87. The minimum Gasteiger partial charge on any atom is -0.309 e. The van der Waals surface area contributed by atoms with Crippen LogP contribution in [0.4, 0.5) is 0 Å². The Morgan fingerprint density at radius 1 is 1.09 bits per heavy atom. The van der Waals surface area contributed by atoms with Crippen LogP contribution in [0, 0.1) is 0 Å². The standard InChI is InChI=1S/C5H13N.C2H6S.C2H6/c1-4-5-6(2)3;1-3-2;1-2/h4-5H2,1-3H3;1-2H3;1-2H3. The van der Waals surface area contributed by atoms with Gasteiger partial charge in [0.05, 0.1) is 0 Å². The molecule has 1 nitrogen and oxygen atoms in total. The Labute approximate surface area is 77.6 Å². The fraction of sp³-hybridized carbons (Fsp3) is 1.00. The van der Waals surface area contributed by atoms with Crippen LogP contribution in [0.15, 0.2) is 0 Å². The molecule has 0 fully saturated rings. The summed E-state index contributed by atoms with van der Waals surface area (Å²) < 4.78 is 0. The molecule has 0 aliphatic heterocycles. The van der Waals surface area contributed by atoms with Crippen molar-refractivity contribution in [3.8, 4) is 0 Å². The van der Waals surface area contributed by atoms with Crippen LogP contribution >= 0.6 is 11.8 Å². The van der Waals surface area contributed by atoms with Crippen LogP contribution in [0.2, 0.25) is 0 Å². The van der Waals surface area contributed by atoms with Gasteiger partial charge < -0.3 is 4.90 Å². The molecule has 2 heteroatoms. The minimum absolute atomic E-state index is 1.21. The van der Waals surface area contributed by atoms with Gasteiger partial charge in [0.1, 0.15) is 0 Å². The van der Waals surface area contributed by atoms with Gasteiger partial charge in [-0.05, 0) is 39.6 Å². The van der Waals surface area contributed by atoms with E-state index in [0.29, 0.717) is 0 Å². The molecule has 0 saturated heterocycles. The molecule has 0 spiro atoms. The molecule has 0 N–H and O–H groups in total. The van der Waals surface area contributed by atoms with E-state index in [2.05, 4.69) is 25.9 Å². The predicted octanol–water partition coefficient (Wildman–Crippen LogP) is 2.96. The van der Waals surface area contributed by atoms with E-state index in [1.54, 1.807) is 11.8 Å². The lowest BCUT2D eigenvalue weighted by Crippen LogP contribution is -2.11. The number of thioether (sulfide) groups is 1.